The number of rotatable bonds is 6. The minimum Gasteiger partial charge on any atom is -0.0649 e. The molecule has 0 atom stereocenters. The third-order valence-electron chi connectivity index (χ3n) is 3.88. The smallest absolute Gasteiger partial charge is 0.0344 e. The van der Waals surface area contributed by atoms with Crippen LogP contribution in [0.1, 0.15) is 94.9 Å². The van der Waals surface area contributed by atoms with Crippen molar-refractivity contribution in [2.24, 2.45) is 21.7 Å². The Kier molecular flexibility index (Phi) is 5.55. The van der Waals surface area contributed by atoms with Crippen LogP contribution in [-0.4, -0.2) is 0 Å². The van der Waals surface area contributed by atoms with E-state index < -0.39 is 0 Å². The van der Waals surface area contributed by atoms with Crippen LogP contribution in [0.25, 0.3) is 0 Å². The zero-order valence-corrected chi connectivity index (χ0v) is 14.8. The Morgan fingerprint density at radius 3 is 1.17 bits per heavy atom. The molecule has 0 heteroatoms. The highest BCUT2D eigenvalue weighted by atomic mass is 14.4. The van der Waals surface area contributed by atoms with E-state index in [2.05, 4.69) is 69.2 Å². The molecule has 0 aliphatic heterocycles. The van der Waals surface area contributed by atoms with Gasteiger partial charge in [0.05, 0.1) is 0 Å². The molecule has 18 heavy (non-hydrogen) atoms. The molecular weight excluding hydrogens is 216 g/mol. The topological polar surface area (TPSA) is 0 Å². The Labute approximate surface area is 117 Å². The molecule has 0 saturated heterocycles. The fraction of sp³-hybridized carbons (Fsp3) is 1.00. The molecule has 0 aliphatic carbocycles. The van der Waals surface area contributed by atoms with Gasteiger partial charge < -0.3 is 0 Å². The van der Waals surface area contributed by atoms with E-state index in [1.807, 2.05) is 0 Å². The van der Waals surface area contributed by atoms with E-state index in [9.17, 15) is 0 Å². The second-order valence-electron chi connectivity index (χ2n) is 9.94. The molecule has 0 unspecified atom stereocenters. The first-order chi connectivity index (χ1) is 7.68. The van der Waals surface area contributed by atoms with Crippen LogP contribution in [0.2, 0.25) is 0 Å². The van der Waals surface area contributed by atoms with Gasteiger partial charge in [0.25, 0.3) is 0 Å². The molecule has 0 aliphatic rings. The van der Waals surface area contributed by atoms with Crippen molar-refractivity contribution < 1.29 is 0 Å². The first-order valence-electron chi connectivity index (χ1n) is 7.68. The number of hydrogen-bond acceptors (Lipinski definition) is 0. The van der Waals surface area contributed by atoms with E-state index in [0.717, 1.165) is 0 Å². The van der Waals surface area contributed by atoms with Crippen molar-refractivity contribution in [2.45, 2.75) is 94.9 Å². The fourth-order valence-corrected chi connectivity index (χ4v) is 4.28. The molecule has 0 spiro atoms. The van der Waals surface area contributed by atoms with Crippen molar-refractivity contribution in [3.05, 3.63) is 0 Å². The van der Waals surface area contributed by atoms with Crippen LogP contribution >= 0.6 is 0 Å². The van der Waals surface area contributed by atoms with Crippen LogP contribution in [0.3, 0.4) is 0 Å². The largest absolute Gasteiger partial charge is 0.0649 e. The molecule has 0 aromatic heterocycles. The van der Waals surface area contributed by atoms with Crippen LogP contribution in [0, 0.1) is 21.7 Å². The summed E-state index contributed by atoms with van der Waals surface area (Å²) in [6.07, 6.45) is 5.22. The van der Waals surface area contributed by atoms with Crippen molar-refractivity contribution in [2.75, 3.05) is 0 Å². The fourth-order valence-electron chi connectivity index (χ4n) is 4.28. The molecule has 0 heterocycles. The van der Waals surface area contributed by atoms with Crippen LogP contribution in [0.5, 0.6) is 0 Å². The van der Waals surface area contributed by atoms with Gasteiger partial charge in [-0.05, 0) is 40.9 Å². The van der Waals surface area contributed by atoms with E-state index in [0.29, 0.717) is 21.7 Å². The Balaban J connectivity index is 4.66. The maximum atomic E-state index is 2.45. The standard InChI is InChI=1S/C18H38/c1-11-16(5,6)13-18(9,10)14-17(7,8)12-15(2,3)4/h11-14H2,1-10H3. The van der Waals surface area contributed by atoms with Gasteiger partial charge in [0.15, 0.2) is 0 Å². The first-order valence-corrected chi connectivity index (χ1v) is 7.68. The normalized spacial score (nSPS) is 15.0. The summed E-state index contributed by atoms with van der Waals surface area (Å²) in [7, 11) is 0. The quantitative estimate of drug-likeness (QED) is 0.495. The summed E-state index contributed by atoms with van der Waals surface area (Å²) in [5.41, 5.74) is 1.78. The van der Waals surface area contributed by atoms with Crippen LogP contribution in [0.4, 0.5) is 0 Å². The zero-order chi connectivity index (χ0) is 14.8. The Bertz CT molecular complexity index is 248. The second-order valence-corrected chi connectivity index (χ2v) is 9.94. The molecule has 0 aromatic rings. The first kappa shape index (κ1) is 18.0. The highest BCUT2D eigenvalue weighted by molar-refractivity contribution is 4.86. The molecule has 0 saturated carbocycles. The molecular formula is C18H38. The average Bonchev–Trinajstić information content (AvgIpc) is 1.93. The van der Waals surface area contributed by atoms with E-state index in [1.54, 1.807) is 0 Å². The predicted molar refractivity (Wildman–Crippen MR) is 84.9 cm³/mol. The Morgan fingerprint density at radius 2 is 0.833 bits per heavy atom. The van der Waals surface area contributed by atoms with Crippen molar-refractivity contribution >= 4 is 0 Å². The lowest BCUT2D eigenvalue weighted by molar-refractivity contribution is 0.0928. The summed E-state index contributed by atoms with van der Waals surface area (Å²) in [5, 5.41) is 0. The highest BCUT2D eigenvalue weighted by Gasteiger charge is 2.35. The third kappa shape index (κ3) is 8.16. The van der Waals surface area contributed by atoms with Crippen LogP contribution < -0.4 is 0 Å². The molecule has 0 radical (unpaired) electrons. The van der Waals surface area contributed by atoms with Crippen LogP contribution in [0.15, 0.2) is 0 Å². The van der Waals surface area contributed by atoms with Gasteiger partial charge in [0.2, 0.25) is 0 Å². The summed E-state index contributed by atoms with van der Waals surface area (Å²) in [4.78, 5) is 0. The summed E-state index contributed by atoms with van der Waals surface area (Å²) >= 11 is 0. The molecule has 110 valence electrons. The average molecular weight is 255 g/mol. The van der Waals surface area contributed by atoms with Crippen molar-refractivity contribution in [1.29, 1.82) is 0 Å². The summed E-state index contributed by atoms with van der Waals surface area (Å²) in [6, 6.07) is 0. The summed E-state index contributed by atoms with van der Waals surface area (Å²) in [5.74, 6) is 0. The maximum Gasteiger partial charge on any atom is -0.0344 e. The van der Waals surface area contributed by atoms with Gasteiger partial charge in [-0.15, -0.1) is 0 Å². The lowest BCUT2D eigenvalue weighted by Gasteiger charge is -2.42. The number of hydrogen-bond donors (Lipinski definition) is 0. The van der Waals surface area contributed by atoms with E-state index >= 15 is 0 Å². The van der Waals surface area contributed by atoms with Crippen LogP contribution in [-0.2, 0) is 0 Å². The van der Waals surface area contributed by atoms with E-state index in [-0.39, 0.29) is 0 Å². The third-order valence-corrected chi connectivity index (χ3v) is 3.88. The summed E-state index contributed by atoms with van der Waals surface area (Å²) < 4.78 is 0. The van der Waals surface area contributed by atoms with Gasteiger partial charge in [0, 0.05) is 0 Å². The predicted octanol–water partition coefficient (Wildman–Crippen LogP) is 6.69. The Hall–Kier alpha value is 0. The summed E-state index contributed by atoms with van der Waals surface area (Å²) in [6.45, 7) is 24.0. The minimum absolute atomic E-state index is 0.430. The van der Waals surface area contributed by atoms with Gasteiger partial charge in [-0.2, -0.15) is 0 Å². The van der Waals surface area contributed by atoms with E-state index in [1.165, 1.54) is 25.7 Å². The van der Waals surface area contributed by atoms with Crippen molar-refractivity contribution in [1.82, 2.24) is 0 Å². The minimum atomic E-state index is 0.430. The van der Waals surface area contributed by atoms with E-state index in [4.69, 9.17) is 0 Å². The monoisotopic (exact) mass is 254 g/mol. The molecule has 0 N–H and O–H groups in total. The molecule has 0 rings (SSSR count). The SMILES string of the molecule is CCC(C)(C)CC(C)(C)CC(C)(C)CC(C)(C)C. The highest BCUT2D eigenvalue weighted by Crippen LogP contribution is 2.46. The van der Waals surface area contributed by atoms with Crippen molar-refractivity contribution in [3.8, 4) is 0 Å². The zero-order valence-electron chi connectivity index (χ0n) is 14.8. The van der Waals surface area contributed by atoms with Gasteiger partial charge in [-0.3, -0.25) is 0 Å². The lowest BCUT2D eigenvalue weighted by Crippen LogP contribution is -2.30. The molecule has 0 bridgehead atoms. The Morgan fingerprint density at radius 1 is 0.500 bits per heavy atom. The lowest BCUT2D eigenvalue weighted by atomic mass is 9.64. The molecule has 0 amide bonds. The molecule has 0 aromatic carbocycles. The maximum absolute atomic E-state index is 2.45. The molecule has 0 fully saturated rings. The van der Waals surface area contributed by atoms with Gasteiger partial charge >= 0.3 is 0 Å². The second kappa shape index (κ2) is 5.55. The van der Waals surface area contributed by atoms with Gasteiger partial charge in [-0.1, -0.05) is 75.7 Å². The molecule has 0 nitrogen and oxygen atoms in total. The van der Waals surface area contributed by atoms with Gasteiger partial charge in [0.1, 0.15) is 0 Å². The van der Waals surface area contributed by atoms with Gasteiger partial charge in [-0.25, -0.2) is 0 Å². The van der Waals surface area contributed by atoms with Crippen molar-refractivity contribution in [3.63, 3.8) is 0 Å².